The van der Waals surface area contributed by atoms with E-state index in [9.17, 15) is 31.2 Å². The van der Waals surface area contributed by atoms with E-state index in [4.69, 9.17) is 9.88 Å². The average Bonchev–Trinajstić information content (AvgIpc) is 3.12. The van der Waals surface area contributed by atoms with E-state index in [0.717, 1.165) is 12.8 Å². The maximum atomic E-state index is 13.2. The van der Waals surface area contributed by atoms with Gasteiger partial charge in [0.25, 0.3) is 11.8 Å². The van der Waals surface area contributed by atoms with Crippen molar-refractivity contribution in [3.63, 3.8) is 0 Å². The van der Waals surface area contributed by atoms with Gasteiger partial charge < -0.3 is 20.3 Å². The molecule has 2 aromatic rings. The number of rotatable bonds is 8. The number of halogens is 3. The van der Waals surface area contributed by atoms with Crippen molar-refractivity contribution >= 4 is 27.7 Å². The highest BCUT2D eigenvalue weighted by Gasteiger charge is 2.43. The van der Waals surface area contributed by atoms with Crippen molar-refractivity contribution in [1.82, 2.24) is 15.6 Å². The second-order valence-electron chi connectivity index (χ2n) is 10.7. The maximum absolute atomic E-state index is 13.2. The van der Waals surface area contributed by atoms with Crippen LogP contribution in [-0.4, -0.2) is 61.7 Å². The number of nitrogens with one attached hydrogen (secondary N) is 2. The molecule has 3 heterocycles. The standard InChI is InChI=1S/C26H32F3N5O5S/c1-15-4-8-20(21(10-15)40(30,37)38)39-25(2,3)24(36)33-17-11-18-6-7-19(12-17)34(18)22-9-5-16(13-31-22)23(35)32-14-26(27,28)29/h4-5,8-10,13,17-19H,6-7,11-12,14H2,1-3H3,(H,32,35)(H,33,36)(H2,30,37,38). The highest BCUT2D eigenvalue weighted by molar-refractivity contribution is 7.89. The lowest BCUT2D eigenvalue weighted by atomic mass is 9.96. The minimum absolute atomic E-state index is 0.00949. The SMILES string of the molecule is Cc1ccc(OC(C)(C)C(=O)NC2CC3CCC(C2)N3c2ccc(C(=O)NCC(F)(F)F)cn2)c(S(N)(=O)=O)c1. The number of alkyl halides is 3. The number of aryl methyl sites for hydroxylation is 1. The summed E-state index contributed by atoms with van der Waals surface area (Å²) >= 11 is 0. The molecule has 10 nitrogen and oxygen atoms in total. The highest BCUT2D eigenvalue weighted by atomic mass is 32.2. The summed E-state index contributed by atoms with van der Waals surface area (Å²) in [5.74, 6) is -0.654. The zero-order chi connectivity index (χ0) is 29.5. The summed E-state index contributed by atoms with van der Waals surface area (Å²) in [6, 6.07) is 7.57. The first kappa shape index (κ1) is 29.6. The fourth-order valence-corrected chi connectivity index (χ4v) is 5.97. The number of carbonyl (C=O) groups is 2. The van der Waals surface area contributed by atoms with E-state index < -0.39 is 40.2 Å². The molecule has 4 N–H and O–H groups in total. The molecule has 0 radical (unpaired) electrons. The predicted molar refractivity (Wildman–Crippen MR) is 140 cm³/mol. The minimum atomic E-state index is -4.50. The molecular weight excluding hydrogens is 551 g/mol. The van der Waals surface area contributed by atoms with E-state index in [0.29, 0.717) is 24.2 Å². The molecule has 4 rings (SSSR count). The largest absolute Gasteiger partial charge is 0.477 e. The molecule has 2 aliphatic heterocycles. The van der Waals surface area contributed by atoms with Gasteiger partial charge in [0.2, 0.25) is 10.0 Å². The number of nitrogens with two attached hydrogens (primary N) is 1. The summed E-state index contributed by atoms with van der Waals surface area (Å²) in [6.45, 7) is 3.40. The van der Waals surface area contributed by atoms with Crippen LogP contribution in [0.1, 0.15) is 55.5 Å². The Labute approximate surface area is 230 Å². The van der Waals surface area contributed by atoms with Crippen molar-refractivity contribution in [2.24, 2.45) is 5.14 Å². The zero-order valence-corrected chi connectivity index (χ0v) is 23.1. The van der Waals surface area contributed by atoms with Gasteiger partial charge in [-0.3, -0.25) is 9.59 Å². The molecule has 2 amide bonds. The fourth-order valence-electron chi connectivity index (χ4n) is 5.23. The molecule has 0 saturated carbocycles. The number of primary sulfonamides is 1. The fraction of sp³-hybridized carbons (Fsp3) is 0.500. The molecule has 2 bridgehead atoms. The first-order valence-corrected chi connectivity index (χ1v) is 14.3. The van der Waals surface area contributed by atoms with Crippen LogP contribution in [0.5, 0.6) is 5.75 Å². The number of aromatic nitrogens is 1. The van der Waals surface area contributed by atoms with Gasteiger partial charge in [0.1, 0.15) is 23.0 Å². The Bertz CT molecular complexity index is 1370. The monoisotopic (exact) mass is 583 g/mol. The van der Waals surface area contributed by atoms with Crippen molar-refractivity contribution in [3.05, 3.63) is 47.7 Å². The van der Waals surface area contributed by atoms with Crippen molar-refractivity contribution in [2.75, 3.05) is 11.4 Å². The van der Waals surface area contributed by atoms with Crippen molar-refractivity contribution in [2.45, 2.75) is 81.3 Å². The number of nitrogens with zero attached hydrogens (tertiary/aromatic N) is 2. The summed E-state index contributed by atoms with van der Waals surface area (Å²) in [6.07, 6.45) is -0.254. The van der Waals surface area contributed by atoms with E-state index in [1.54, 1.807) is 32.9 Å². The molecule has 2 saturated heterocycles. The van der Waals surface area contributed by atoms with Gasteiger partial charge in [0, 0.05) is 24.3 Å². The highest BCUT2D eigenvalue weighted by Crippen LogP contribution is 2.39. The summed E-state index contributed by atoms with van der Waals surface area (Å²) in [5.41, 5.74) is -0.687. The van der Waals surface area contributed by atoms with Crippen LogP contribution in [0.2, 0.25) is 0 Å². The number of piperidine rings is 1. The Kier molecular flexibility index (Phi) is 8.05. The lowest BCUT2D eigenvalue weighted by Gasteiger charge is -2.41. The first-order valence-electron chi connectivity index (χ1n) is 12.8. The normalized spacial score (nSPS) is 21.2. The molecule has 40 heavy (non-hydrogen) atoms. The van der Waals surface area contributed by atoms with Crippen LogP contribution >= 0.6 is 0 Å². The number of carbonyl (C=O) groups excluding carboxylic acids is 2. The van der Waals surface area contributed by atoms with Gasteiger partial charge in [-0.2, -0.15) is 13.2 Å². The lowest BCUT2D eigenvalue weighted by Crippen LogP contribution is -2.55. The van der Waals surface area contributed by atoms with Crippen LogP contribution in [0.25, 0.3) is 0 Å². The third kappa shape index (κ3) is 6.84. The van der Waals surface area contributed by atoms with Crippen LogP contribution in [0.3, 0.4) is 0 Å². The Morgan fingerprint density at radius 1 is 1.12 bits per heavy atom. The average molecular weight is 584 g/mol. The minimum Gasteiger partial charge on any atom is -0.477 e. The number of sulfonamides is 1. The van der Waals surface area contributed by atoms with Crippen LogP contribution in [0, 0.1) is 6.92 Å². The molecule has 2 atom stereocenters. The van der Waals surface area contributed by atoms with E-state index >= 15 is 0 Å². The van der Waals surface area contributed by atoms with Gasteiger partial charge in [-0.1, -0.05) is 6.07 Å². The topological polar surface area (TPSA) is 144 Å². The summed E-state index contributed by atoms with van der Waals surface area (Å²) in [5, 5.41) is 10.2. The predicted octanol–water partition coefficient (Wildman–Crippen LogP) is 2.80. The number of amides is 2. The lowest BCUT2D eigenvalue weighted by molar-refractivity contribution is -0.135. The van der Waals surface area contributed by atoms with Gasteiger partial charge >= 0.3 is 6.18 Å². The Balaban J connectivity index is 1.39. The molecule has 0 aliphatic carbocycles. The van der Waals surface area contributed by atoms with Crippen LogP contribution < -0.4 is 25.4 Å². The second kappa shape index (κ2) is 10.9. The number of anilines is 1. The number of hydrogen-bond donors (Lipinski definition) is 3. The number of ether oxygens (including phenoxy) is 1. The third-order valence-corrected chi connectivity index (χ3v) is 8.04. The Morgan fingerprint density at radius 2 is 1.77 bits per heavy atom. The molecule has 2 fully saturated rings. The molecule has 2 unspecified atom stereocenters. The quantitative estimate of drug-likeness (QED) is 0.434. The first-order chi connectivity index (χ1) is 18.5. The Hall–Kier alpha value is -3.39. The van der Waals surface area contributed by atoms with Gasteiger partial charge in [-0.05, 0) is 76.3 Å². The van der Waals surface area contributed by atoms with E-state index in [2.05, 4.69) is 15.2 Å². The maximum Gasteiger partial charge on any atom is 0.405 e. The van der Waals surface area contributed by atoms with Gasteiger partial charge in [-0.15, -0.1) is 0 Å². The number of benzene rings is 1. The van der Waals surface area contributed by atoms with Crippen LogP contribution in [-0.2, 0) is 14.8 Å². The van der Waals surface area contributed by atoms with Crippen molar-refractivity contribution < 1.29 is 35.9 Å². The number of hydrogen-bond acceptors (Lipinski definition) is 7. The number of pyridine rings is 1. The van der Waals surface area contributed by atoms with Gasteiger partial charge in [0.05, 0.1) is 5.56 Å². The third-order valence-electron chi connectivity index (χ3n) is 7.11. The molecule has 14 heteroatoms. The van der Waals surface area contributed by atoms with E-state index in [-0.39, 0.29) is 34.3 Å². The smallest absolute Gasteiger partial charge is 0.405 e. The molecule has 1 aromatic heterocycles. The molecule has 2 aliphatic rings. The van der Waals surface area contributed by atoms with Crippen LogP contribution in [0.15, 0.2) is 41.4 Å². The second-order valence-corrected chi connectivity index (χ2v) is 12.3. The summed E-state index contributed by atoms with van der Waals surface area (Å²) in [7, 11) is -4.07. The summed E-state index contributed by atoms with van der Waals surface area (Å²) in [4.78, 5) is 31.5. The van der Waals surface area contributed by atoms with Crippen LogP contribution in [0.4, 0.5) is 19.0 Å². The van der Waals surface area contributed by atoms with Crippen molar-refractivity contribution in [1.29, 1.82) is 0 Å². The molecule has 218 valence electrons. The molecule has 0 spiro atoms. The van der Waals surface area contributed by atoms with E-state index in [1.165, 1.54) is 24.4 Å². The summed E-state index contributed by atoms with van der Waals surface area (Å²) < 4.78 is 67.1. The molecular formula is C26H32F3N5O5S. The van der Waals surface area contributed by atoms with Gasteiger partial charge in [0.15, 0.2) is 5.60 Å². The van der Waals surface area contributed by atoms with Gasteiger partial charge in [-0.25, -0.2) is 18.5 Å². The van der Waals surface area contributed by atoms with E-state index in [1.807, 2.05) is 5.32 Å². The zero-order valence-electron chi connectivity index (χ0n) is 22.3. The molecule has 1 aromatic carbocycles. The number of fused-ring (bicyclic) bond motifs is 2. The Morgan fingerprint density at radius 3 is 2.33 bits per heavy atom. The van der Waals surface area contributed by atoms with Crippen molar-refractivity contribution in [3.8, 4) is 5.75 Å².